The Bertz CT molecular complexity index is 774. The van der Waals surface area contributed by atoms with Crippen molar-refractivity contribution in [3.05, 3.63) is 76.2 Å². The molecule has 0 fully saturated rings. The van der Waals surface area contributed by atoms with Gasteiger partial charge >= 0.3 is 0 Å². The largest absolute Gasteiger partial charge is 0.361 e. The van der Waals surface area contributed by atoms with E-state index in [1.807, 2.05) is 30.5 Å². The molecular formula is C18H15BrFN. The lowest BCUT2D eigenvalue weighted by molar-refractivity contribution is 0.618. The molecular weight excluding hydrogens is 329 g/mol. The van der Waals surface area contributed by atoms with E-state index >= 15 is 0 Å². The molecule has 1 aromatic heterocycles. The van der Waals surface area contributed by atoms with Crippen molar-refractivity contribution >= 4 is 32.9 Å². The first kappa shape index (κ1) is 14.1. The first-order valence-corrected chi connectivity index (χ1v) is 7.64. The molecule has 0 saturated heterocycles. The second kappa shape index (κ2) is 5.86. The Morgan fingerprint density at radius 1 is 1.14 bits per heavy atom. The third kappa shape index (κ3) is 2.93. The van der Waals surface area contributed by atoms with Crippen LogP contribution in [0.5, 0.6) is 0 Å². The normalized spacial score (nSPS) is 15.7. The van der Waals surface area contributed by atoms with Gasteiger partial charge in [0.2, 0.25) is 0 Å². The van der Waals surface area contributed by atoms with Crippen LogP contribution in [0.2, 0.25) is 0 Å². The van der Waals surface area contributed by atoms with Crippen LogP contribution in [0.25, 0.3) is 17.0 Å². The van der Waals surface area contributed by atoms with Gasteiger partial charge in [0.15, 0.2) is 0 Å². The third-order valence-corrected chi connectivity index (χ3v) is 4.25. The van der Waals surface area contributed by atoms with Crippen LogP contribution < -0.4 is 0 Å². The minimum Gasteiger partial charge on any atom is -0.361 e. The van der Waals surface area contributed by atoms with E-state index < -0.39 is 0 Å². The van der Waals surface area contributed by atoms with Gasteiger partial charge in [0.1, 0.15) is 5.82 Å². The maximum atomic E-state index is 13.1. The average Bonchev–Trinajstić information content (AvgIpc) is 3.09. The summed E-state index contributed by atoms with van der Waals surface area (Å²) in [5.74, 6) is 0.173. The molecule has 1 nitrogen and oxygen atoms in total. The molecule has 1 atom stereocenters. The molecule has 0 aliphatic heterocycles. The Hall–Kier alpha value is -1.87. The summed E-state index contributed by atoms with van der Waals surface area (Å²) in [7, 11) is 0. The third-order valence-electron chi connectivity index (χ3n) is 3.64. The second-order valence-electron chi connectivity index (χ2n) is 5.11. The van der Waals surface area contributed by atoms with E-state index in [1.54, 1.807) is 6.07 Å². The number of H-pyrrole nitrogens is 1. The minimum atomic E-state index is -0.177. The summed E-state index contributed by atoms with van der Waals surface area (Å²) in [6, 6.07) is 13.7. The van der Waals surface area contributed by atoms with Gasteiger partial charge in [0, 0.05) is 11.7 Å². The molecule has 0 radical (unpaired) electrons. The molecule has 1 N–H and O–H groups in total. The molecule has 106 valence electrons. The number of halogens is 2. The molecule has 0 saturated carbocycles. The Balaban J connectivity index is 0.000000131. The molecule has 21 heavy (non-hydrogen) atoms. The number of hydrogen-bond acceptors (Lipinski definition) is 0. The van der Waals surface area contributed by atoms with Crippen molar-refractivity contribution in [3.8, 4) is 0 Å². The highest BCUT2D eigenvalue weighted by Crippen LogP contribution is 2.32. The number of para-hydroxylation sites is 1. The maximum Gasteiger partial charge on any atom is 0.137 e. The van der Waals surface area contributed by atoms with Gasteiger partial charge in [-0.05, 0) is 62.6 Å². The molecule has 4 rings (SSSR count). The number of fused-ring (bicyclic) bond motifs is 2. The molecule has 1 unspecified atom stereocenters. The topological polar surface area (TPSA) is 15.8 Å². The van der Waals surface area contributed by atoms with Crippen LogP contribution in [-0.2, 0) is 0 Å². The van der Waals surface area contributed by atoms with E-state index in [1.165, 1.54) is 10.9 Å². The standard InChI is InChI=1S/C10H8BrF.C8H7N/c1-6-2-3-7-4-9(11)10(12)5-8(6)7;1-2-4-8-7(3-1)5-6-9-8/h2-6H,1H3;1-6,9H. The zero-order valence-electron chi connectivity index (χ0n) is 11.6. The van der Waals surface area contributed by atoms with Crippen LogP contribution in [0.4, 0.5) is 4.39 Å². The number of aromatic nitrogens is 1. The van der Waals surface area contributed by atoms with Crippen molar-refractivity contribution in [2.45, 2.75) is 12.8 Å². The molecule has 1 heterocycles. The molecule has 3 heteroatoms. The lowest BCUT2D eigenvalue weighted by atomic mass is 10.0. The molecule has 3 aromatic rings. The van der Waals surface area contributed by atoms with Crippen molar-refractivity contribution in [1.82, 2.24) is 4.98 Å². The van der Waals surface area contributed by atoms with Crippen LogP contribution in [0, 0.1) is 5.82 Å². The summed E-state index contributed by atoms with van der Waals surface area (Å²) in [5.41, 5.74) is 3.41. The zero-order valence-corrected chi connectivity index (χ0v) is 13.2. The fraction of sp³-hybridized carbons (Fsp3) is 0.111. The summed E-state index contributed by atoms with van der Waals surface area (Å²) < 4.78 is 13.6. The van der Waals surface area contributed by atoms with Gasteiger partial charge in [-0.1, -0.05) is 37.3 Å². The highest BCUT2D eigenvalue weighted by Gasteiger charge is 2.14. The summed E-state index contributed by atoms with van der Waals surface area (Å²) in [6.07, 6.45) is 6.06. The van der Waals surface area contributed by atoms with Gasteiger partial charge in [-0.15, -0.1) is 0 Å². The average molecular weight is 344 g/mol. The van der Waals surface area contributed by atoms with E-state index in [-0.39, 0.29) is 5.82 Å². The van der Waals surface area contributed by atoms with Gasteiger partial charge in [-0.3, -0.25) is 0 Å². The zero-order chi connectivity index (χ0) is 14.8. The fourth-order valence-corrected chi connectivity index (χ4v) is 2.82. The summed E-state index contributed by atoms with van der Waals surface area (Å²) in [5, 5.41) is 1.28. The number of aromatic amines is 1. The Morgan fingerprint density at radius 2 is 1.95 bits per heavy atom. The lowest BCUT2D eigenvalue weighted by Crippen LogP contribution is -1.89. The number of nitrogens with one attached hydrogen (secondary N) is 1. The van der Waals surface area contributed by atoms with Crippen LogP contribution in [0.1, 0.15) is 24.0 Å². The van der Waals surface area contributed by atoms with E-state index in [0.29, 0.717) is 10.4 Å². The highest BCUT2D eigenvalue weighted by molar-refractivity contribution is 9.10. The Kier molecular flexibility index (Phi) is 3.93. The van der Waals surface area contributed by atoms with Gasteiger partial charge in [-0.25, -0.2) is 4.39 Å². The van der Waals surface area contributed by atoms with Gasteiger partial charge in [0.25, 0.3) is 0 Å². The predicted octanol–water partition coefficient (Wildman–Crippen LogP) is 5.89. The van der Waals surface area contributed by atoms with Crippen LogP contribution >= 0.6 is 15.9 Å². The van der Waals surface area contributed by atoms with Crippen molar-refractivity contribution in [2.24, 2.45) is 0 Å². The fourth-order valence-electron chi connectivity index (χ4n) is 2.46. The molecule has 1 aliphatic carbocycles. The van der Waals surface area contributed by atoms with E-state index in [4.69, 9.17) is 0 Å². The van der Waals surface area contributed by atoms with Crippen molar-refractivity contribution in [2.75, 3.05) is 0 Å². The number of benzene rings is 2. The van der Waals surface area contributed by atoms with E-state index in [0.717, 1.165) is 11.1 Å². The minimum absolute atomic E-state index is 0.177. The maximum absolute atomic E-state index is 13.1. The van der Waals surface area contributed by atoms with Crippen molar-refractivity contribution in [1.29, 1.82) is 0 Å². The number of allylic oxidation sites excluding steroid dienone is 1. The van der Waals surface area contributed by atoms with E-state index in [2.05, 4.69) is 52.1 Å². The number of hydrogen-bond donors (Lipinski definition) is 1. The first-order valence-electron chi connectivity index (χ1n) is 6.84. The quantitative estimate of drug-likeness (QED) is 0.524. The summed E-state index contributed by atoms with van der Waals surface area (Å²) >= 11 is 3.16. The van der Waals surface area contributed by atoms with Crippen LogP contribution in [0.15, 0.2) is 59.2 Å². The molecule has 1 aliphatic rings. The van der Waals surface area contributed by atoms with E-state index in [9.17, 15) is 4.39 Å². The SMILES string of the molecule is CC1C=Cc2cc(Br)c(F)cc21.c1ccc2[nH]ccc2c1. The van der Waals surface area contributed by atoms with Crippen LogP contribution in [-0.4, -0.2) is 4.98 Å². The van der Waals surface area contributed by atoms with Gasteiger partial charge in [-0.2, -0.15) is 0 Å². The Labute approximate surface area is 131 Å². The number of rotatable bonds is 0. The summed E-state index contributed by atoms with van der Waals surface area (Å²) in [6.45, 7) is 2.07. The molecule has 2 aromatic carbocycles. The monoisotopic (exact) mass is 343 g/mol. The lowest BCUT2D eigenvalue weighted by Gasteiger charge is -2.05. The Morgan fingerprint density at radius 3 is 2.76 bits per heavy atom. The smallest absolute Gasteiger partial charge is 0.137 e. The molecule has 0 bridgehead atoms. The first-order chi connectivity index (χ1) is 10.1. The predicted molar refractivity (Wildman–Crippen MR) is 89.8 cm³/mol. The highest BCUT2D eigenvalue weighted by atomic mass is 79.9. The van der Waals surface area contributed by atoms with Gasteiger partial charge < -0.3 is 4.98 Å². The van der Waals surface area contributed by atoms with Crippen molar-refractivity contribution < 1.29 is 4.39 Å². The van der Waals surface area contributed by atoms with Crippen LogP contribution in [0.3, 0.4) is 0 Å². The molecule has 0 amide bonds. The van der Waals surface area contributed by atoms with Crippen molar-refractivity contribution in [3.63, 3.8) is 0 Å². The molecule has 0 spiro atoms. The second-order valence-corrected chi connectivity index (χ2v) is 5.96. The summed E-state index contributed by atoms with van der Waals surface area (Å²) in [4.78, 5) is 3.12. The van der Waals surface area contributed by atoms with Gasteiger partial charge in [0.05, 0.1) is 4.47 Å².